The molecule has 2 amide bonds. The largest absolute Gasteiger partial charge is 0.484 e. The fraction of sp³-hybridized carbons (Fsp3) is 0.176. The smallest absolute Gasteiger partial charge is 0.405 e. The van der Waals surface area contributed by atoms with Crippen molar-refractivity contribution in [1.82, 2.24) is 5.32 Å². The lowest BCUT2D eigenvalue weighted by Gasteiger charge is -2.13. The van der Waals surface area contributed by atoms with Gasteiger partial charge in [0.25, 0.3) is 11.8 Å². The Bertz CT molecular complexity index is 794. The Balaban J connectivity index is 1.98. The van der Waals surface area contributed by atoms with Crippen LogP contribution >= 0.6 is 0 Å². The molecule has 2 aromatic carbocycles. The minimum atomic E-state index is -4.55. The average molecular weight is 370 g/mol. The highest BCUT2D eigenvalue weighted by Gasteiger charge is 2.28. The minimum Gasteiger partial charge on any atom is -0.484 e. The Hall–Kier alpha value is -3.10. The van der Waals surface area contributed by atoms with Gasteiger partial charge in [-0.05, 0) is 24.3 Å². The van der Waals surface area contributed by atoms with Gasteiger partial charge < -0.3 is 15.4 Å². The summed E-state index contributed by atoms with van der Waals surface area (Å²) in [5, 5.41) is 4.10. The van der Waals surface area contributed by atoms with Crippen molar-refractivity contribution in [3.8, 4) is 5.75 Å². The number of alkyl halides is 3. The molecule has 0 saturated carbocycles. The molecule has 0 saturated heterocycles. The van der Waals surface area contributed by atoms with Crippen molar-refractivity contribution in [2.45, 2.75) is 6.18 Å². The van der Waals surface area contributed by atoms with Crippen molar-refractivity contribution in [2.75, 3.05) is 18.5 Å². The van der Waals surface area contributed by atoms with Crippen LogP contribution in [0.3, 0.4) is 0 Å². The van der Waals surface area contributed by atoms with Crippen LogP contribution in [0, 0.1) is 5.82 Å². The number of hydrogen-bond acceptors (Lipinski definition) is 3. The van der Waals surface area contributed by atoms with E-state index in [1.807, 2.05) is 0 Å². The molecule has 0 radical (unpaired) electrons. The van der Waals surface area contributed by atoms with Crippen LogP contribution < -0.4 is 15.4 Å². The van der Waals surface area contributed by atoms with Gasteiger partial charge in [0.15, 0.2) is 6.61 Å². The molecule has 9 heteroatoms. The highest BCUT2D eigenvalue weighted by molar-refractivity contribution is 6.04. The van der Waals surface area contributed by atoms with Crippen molar-refractivity contribution in [3.05, 3.63) is 59.9 Å². The third-order valence-corrected chi connectivity index (χ3v) is 3.06. The van der Waals surface area contributed by atoms with Gasteiger partial charge in [-0.1, -0.05) is 18.2 Å². The van der Waals surface area contributed by atoms with E-state index in [-0.39, 0.29) is 17.0 Å². The first-order valence-corrected chi connectivity index (χ1v) is 7.37. The molecule has 2 N–H and O–H groups in total. The quantitative estimate of drug-likeness (QED) is 0.768. The summed E-state index contributed by atoms with van der Waals surface area (Å²) in [5.74, 6) is -2.04. The first-order chi connectivity index (χ1) is 12.2. The van der Waals surface area contributed by atoms with Gasteiger partial charge in [0.2, 0.25) is 0 Å². The standard InChI is InChI=1S/C17H14F4N2O3/c18-11-4-3-5-12(8-11)26-9-15(24)23-14-7-2-1-6-13(14)16(25)22-10-17(19,20)21/h1-8H,9-10H2,(H,22,25)(H,23,24). The second-order valence-electron chi connectivity index (χ2n) is 5.14. The molecule has 0 fully saturated rings. The normalized spacial score (nSPS) is 10.9. The molecule has 0 unspecified atom stereocenters. The molecular weight excluding hydrogens is 356 g/mol. The Morgan fingerprint density at radius 1 is 1.04 bits per heavy atom. The maximum atomic E-state index is 13.0. The van der Waals surface area contributed by atoms with E-state index in [4.69, 9.17) is 4.74 Å². The van der Waals surface area contributed by atoms with Crippen LogP contribution in [0.1, 0.15) is 10.4 Å². The molecule has 0 spiro atoms. The number of anilines is 1. The van der Waals surface area contributed by atoms with Crippen LogP contribution in [0.2, 0.25) is 0 Å². The Kier molecular flexibility index (Phi) is 6.16. The molecule has 0 bridgehead atoms. The van der Waals surface area contributed by atoms with E-state index in [1.54, 1.807) is 5.32 Å². The van der Waals surface area contributed by atoms with Crippen molar-refractivity contribution < 1.29 is 31.9 Å². The van der Waals surface area contributed by atoms with Crippen LogP contribution in [0.5, 0.6) is 5.75 Å². The first-order valence-electron chi connectivity index (χ1n) is 7.37. The molecule has 2 rings (SSSR count). The zero-order chi connectivity index (χ0) is 19.2. The molecule has 0 aliphatic heterocycles. The molecule has 0 atom stereocenters. The minimum absolute atomic E-state index is 0.0278. The summed E-state index contributed by atoms with van der Waals surface area (Å²) in [7, 11) is 0. The summed E-state index contributed by atoms with van der Waals surface area (Å²) < 4.78 is 54.8. The maximum absolute atomic E-state index is 13.0. The Morgan fingerprint density at radius 3 is 2.46 bits per heavy atom. The second-order valence-corrected chi connectivity index (χ2v) is 5.14. The highest BCUT2D eigenvalue weighted by Crippen LogP contribution is 2.17. The van der Waals surface area contributed by atoms with Gasteiger partial charge in [0, 0.05) is 6.07 Å². The predicted octanol–water partition coefficient (Wildman–Crippen LogP) is 3.14. The number of nitrogens with one attached hydrogen (secondary N) is 2. The van der Waals surface area contributed by atoms with Crippen LogP contribution in [0.15, 0.2) is 48.5 Å². The SMILES string of the molecule is O=C(COc1cccc(F)c1)Nc1ccccc1C(=O)NCC(F)(F)F. The second kappa shape index (κ2) is 8.32. The maximum Gasteiger partial charge on any atom is 0.405 e. The number of amides is 2. The monoisotopic (exact) mass is 370 g/mol. The van der Waals surface area contributed by atoms with Gasteiger partial charge in [0.1, 0.15) is 18.1 Å². The first kappa shape index (κ1) is 19.2. The molecule has 0 heterocycles. The van der Waals surface area contributed by atoms with Crippen molar-refractivity contribution in [3.63, 3.8) is 0 Å². The Labute approximate surface area is 146 Å². The van der Waals surface area contributed by atoms with Gasteiger partial charge in [0.05, 0.1) is 11.3 Å². The number of benzene rings is 2. The van der Waals surface area contributed by atoms with E-state index in [2.05, 4.69) is 5.32 Å². The molecule has 138 valence electrons. The van der Waals surface area contributed by atoms with E-state index in [1.165, 1.54) is 42.5 Å². The highest BCUT2D eigenvalue weighted by atomic mass is 19.4. The van der Waals surface area contributed by atoms with Crippen molar-refractivity contribution in [2.24, 2.45) is 0 Å². The third-order valence-electron chi connectivity index (χ3n) is 3.06. The number of carbonyl (C=O) groups excluding carboxylic acids is 2. The summed E-state index contributed by atoms with van der Waals surface area (Å²) in [6, 6.07) is 10.7. The number of ether oxygens (including phenoxy) is 1. The lowest BCUT2D eigenvalue weighted by atomic mass is 10.1. The summed E-state index contributed by atoms with van der Waals surface area (Å²) in [5.41, 5.74) is -0.101. The van der Waals surface area contributed by atoms with Gasteiger partial charge in [-0.25, -0.2) is 4.39 Å². The molecular formula is C17H14F4N2O3. The molecule has 0 aliphatic rings. The number of halogens is 4. The van der Waals surface area contributed by atoms with Gasteiger partial charge in [-0.3, -0.25) is 9.59 Å². The summed E-state index contributed by atoms with van der Waals surface area (Å²) in [6.07, 6.45) is -4.55. The van der Waals surface area contributed by atoms with Gasteiger partial charge in [-0.2, -0.15) is 13.2 Å². The Morgan fingerprint density at radius 2 is 1.77 bits per heavy atom. The predicted molar refractivity (Wildman–Crippen MR) is 85.4 cm³/mol. The summed E-state index contributed by atoms with van der Waals surface area (Å²) in [6.45, 7) is -1.96. The molecule has 2 aromatic rings. The van der Waals surface area contributed by atoms with Crippen LogP contribution in [0.25, 0.3) is 0 Å². The van der Waals surface area contributed by atoms with E-state index >= 15 is 0 Å². The topological polar surface area (TPSA) is 67.4 Å². The molecule has 0 aromatic heterocycles. The van der Waals surface area contributed by atoms with Gasteiger partial charge >= 0.3 is 6.18 Å². The van der Waals surface area contributed by atoms with E-state index in [0.717, 1.165) is 6.07 Å². The fourth-order valence-corrected chi connectivity index (χ4v) is 1.96. The molecule has 5 nitrogen and oxygen atoms in total. The van der Waals surface area contributed by atoms with E-state index in [0.29, 0.717) is 0 Å². The zero-order valence-corrected chi connectivity index (χ0v) is 13.3. The summed E-state index contributed by atoms with van der Waals surface area (Å²) >= 11 is 0. The van der Waals surface area contributed by atoms with Crippen LogP contribution in [-0.2, 0) is 4.79 Å². The van der Waals surface area contributed by atoms with Crippen LogP contribution in [0.4, 0.5) is 23.2 Å². The molecule has 26 heavy (non-hydrogen) atoms. The number of carbonyl (C=O) groups is 2. The number of rotatable bonds is 6. The average Bonchev–Trinajstić information content (AvgIpc) is 2.58. The van der Waals surface area contributed by atoms with Crippen molar-refractivity contribution in [1.29, 1.82) is 0 Å². The molecule has 0 aliphatic carbocycles. The van der Waals surface area contributed by atoms with E-state index in [9.17, 15) is 27.2 Å². The number of para-hydroxylation sites is 1. The van der Waals surface area contributed by atoms with E-state index < -0.39 is 37.0 Å². The number of hydrogen-bond donors (Lipinski definition) is 2. The lowest BCUT2D eigenvalue weighted by Crippen LogP contribution is -2.34. The lowest BCUT2D eigenvalue weighted by molar-refractivity contribution is -0.123. The van der Waals surface area contributed by atoms with Crippen molar-refractivity contribution >= 4 is 17.5 Å². The summed E-state index contributed by atoms with van der Waals surface area (Å²) in [4.78, 5) is 23.8. The van der Waals surface area contributed by atoms with Gasteiger partial charge in [-0.15, -0.1) is 0 Å². The van der Waals surface area contributed by atoms with Crippen LogP contribution in [-0.4, -0.2) is 31.1 Å². The zero-order valence-electron chi connectivity index (χ0n) is 13.3. The fourth-order valence-electron chi connectivity index (χ4n) is 1.96. The third kappa shape index (κ3) is 6.08.